The van der Waals surface area contributed by atoms with E-state index >= 15 is 0 Å². The van der Waals surface area contributed by atoms with E-state index in [0.717, 1.165) is 29.1 Å². The zero-order valence-corrected chi connectivity index (χ0v) is 21.3. The molecule has 0 saturated carbocycles. The summed E-state index contributed by atoms with van der Waals surface area (Å²) >= 11 is 18.2. The number of nitrogens with one attached hydrogen (secondary N) is 1. The number of amides is 1. The monoisotopic (exact) mass is 536 g/mol. The number of carbonyl (C=O) groups is 1. The second-order valence-corrected chi connectivity index (χ2v) is 11.4. The van der Waals surface area contributed by atoms with Gasteiger partial charge in [-0.1, -0.05) is 65.1 Å². The summed E-state index contributed by atoms with van der Waals surface area (Å²) in [4.78, 5) is 13.1. The molecule has 3 aromatic rings. The molecule has 4 rings (SSSR count). The molecule has 0 fully saturated rings. The number of carbonyl (C=O) groups excluding carboxylic acids is 1. The third kappa shape index (κ3) is 5.75. The molecule has 34 heavy (non-hydrogen) atoms. The normalized spacial score (nSPS) is 15.7. The molecule has 0 saturated heterocycles. The Morgan fingerprint density at radius 2 is 1.68 bits per heavy atom. The van der Waals surface area contributed by atoms with Crippen molar-refractivity contribution in [2.75, 3.05) is 6.54 Å². The predicted molar refractivity (Wildman–Crippen MR) is 136 cm³/mol. The summed E-state index contributed by atoms with van der Waals surface area (Å²) in [5.41, 5.74) is 2.83. The van der Waals surface area contributed by atoms with Gasteiger partial charge in [-0.15, -0.1) is 0 Å². The zero-order valence-electron chi connectivity index (χ0n) is 18.2. The van der Waals surface area contributed by atoms with E-state index in [-0.39, 0.29) is 29.9 Å². The third-order valence-electron chi connectivity index (χ3n) is 5.84. The van der Waals surface area contributed by atoms with E-state index in [2.05, 4.69) is 11.4 Å². The molecule has 1 N–H and O–H groups in total. The number of halogens is 3. The molecule has 1 aliphatic rings. The van der Waals surface area contributed by atoms with Gasteiger partial charge in [0.2, 0.25) is 15.9 Å². The van der Waals surface area contributed by atoms with Crippen molar-refractivity contribution in [3.05, 3.63) is 98.5 Å². The SMILES string of the molecule is O=C(CN(Cc1ccc(Cl)cc1Cl)S(=O)(=O)c1ccc(Cl)cc1)N[C@H]1CCCc2ccccc21. The van der Waals surface area contributed by atoms with Crippen LogP contribution in [0.1, 0.15) is 35.6 Å². The molecule has 0 radical (unpaired) electrons. The lowest BCUT2D eigenvalue weighted by atomic mass is 9.88. The highest BCUT2D eigenvalue weighted by molar-refractivity contribution is 7.89. The molecule has 0 aromatic heterocycles. The van der Waals surface area contributed by atoms with E-state index in [1.165, 1.54) is 29.8 Å². The Hall–Kier alpha value is -2.09. The van der Waals surface area contributed by atoms with Crippen LogP contribution in [0.3, 0.4) is 0 Å². The van der Waals surface area contributed by atoms with E-state index in [0.29, 0.717) is 20.6 Å². The van der Waals surface area contributed by atoms with Crippen molar-refractivity contribution in [1.29, 1.82) is 0 Å². The van der Waals surface area contributed by atoms with Crippen LogP contribution in [0.15, 0.2) is 71.6 Å². The fourth-order valence-corrected chi connectivity index (χ4v) is 6.09. The Kier molecular flexibility index (Phi) is 7.85. The standard InChI is InChI=1S/C25H23Cl3N2O3S/c26-19-10-12-21(13-11-19)34(32,33)30(15-18-8-9-20(27)14-23(18)28)16-25(31)29-24-7-3-5-17-4-1-2-6-22(17)24/h1-2,4,6,8-14,24H,3,5,7,15-16H2,(H,29,31)/t24-/m0/s1. The summed E-state index contributed by atoms with van der Waals surface area (Å²) in [5, 5.41) is 4.21. The summed E-state index contributed by atoms with van der Waals surface area (Å²) in [6.07, 6.45) is 2.72. The molecule has 5 nitrogen and oxygen atoms in total. The van der Waals surface area contributed by atoms with Crippen molar-refractivity contribution in [2.24, 2.45) is 0 Å². The minimum atomic E-state index is -4.02. The fourth-order valence-electron chi connectivity index (χ4n) is 4.13. The maximum atomic E-state index is 13.5. The number of hydrogen-bond donors (Lipinski definition) is 1. The van der Waals surface area contributed by atoms with Gasteiger partial charge in [0.25, 0.3) is 0 Å². The molecule has 178 valence electrons. The molecule has 3 aromatic carbocycles. The maximum Gasteiger partial charge on any atom is 0.243 e. The first kappa shape index (κ1) is 25.0. The first-order chi connectivity index (χ1) is 16.2. The van der Waals surface area contributed by atoms with Gasteiger partial charge in [0.05, 0.1) is 17.5 Å². The van der Waals surface area contributed by atoms with Gasteiger partial charge in [0.1, 0.15) is 0 Å². The van der Waals surface area contributed by atoms with Crippen LogP contribution in [0.5, 0.6) is 0 Å². The average molecular weight is 538 g/mol. The van der Waals surface area contributed by atoms with Crippen molar-refractivity contribution in [2.45, 2.75) is 36.7 Å². The van der Waals surface area contributed by atoms with E-state index in [1.807, 2.05) is 18.2 Å². The number of fused-ring (bicyclic) bond motifs is 1. The number of rotatable bonds is 7. The quantitative estimate of drug-likeness (QED) is 0.400. The number of hydrogen-bond acceptors (Lipinski definition) is 3. The third-order valence-corrected chi connectivity index (χ3v) is 8.48. The lowest BCUT2D eigenvalue weighted by Crippen LogP contribution is -2.42. The molecular formula is C25H23Cl3N2O3S. The van der Waals surface area contributed by atoms with Crippen LogP contribution in [0.25, 0.3) is 0 Å². The van der Waals surface area contributed by atoms with E-state index in [9.17, 15) is 13.2 Å². The molecule has 1 aliphatic carbocycles. The lowest BCUT2D eigenvalue weighted by molar-refractivity contribution is -0.122. The van der Waals surface area contributed by atoms with Gasteiger partial charge in [0.15, 0.2) is 0 Å². The Bertz CT molecular complexity index is 1300. The molecule has 0 bridgehead atoms. The van der Waals surface area contributed by atoms with Gasteiger partial charge in [-0.3, -0.25) is 4.79 Å². The van der Waals surface area contributed by atoms with Gasteiger partial charge < -0.3 is 5.32 Å². The van der Waals surface area contributed by atoms with Gasteiger partial charge in [-0.25, -0.2) is 8.42 Å². The molecule has 0 spiro atoms. The van der Waals surface area contributed by atoms with Crippen LogP contribution in [0.4, 0.5) is 0 Å². The van der Waals surface area contributed by atoms with Crippen LogP contribution in [-0.2, 0) is 27.8 Å². The van der Waals surface area contributed by atoms with Gasteiger partial charge in [-0.2, -0.15) is 4.31 Å². The van der Waals surface area contributed by atoms with Crippen LogP contribution >= 0.6 is 34.8 Å². The average Bonchev–Trinajstić information content (AvgIpc) is 2.81. The highest BCUT2D eigenvalue weighted by atomic mass is 35.5. The van der Waals surface area contributed by atoms with E-state index < -0.39 is 10.0 Å². The number of benzene rings is 3. The Morgan fingerprint density at radius 3 is 2.41 bits per heavy atom. The largest absolute Gasteiger partial charge is 0.348 e. The summed E-state index contributed by atoms with van der Waals surface area (Å²) in [5.74, 6) is -0.385. The molecule has 1 atom stereocenters. The van der Waals surface area contributed by atoms with Crippen molar-refractivity contribution in [1.82, 2.24) is 9.62 Å². The number of aryl methyl sites for hydroxylation is 1. The summed E-state index contributed by atoms with van der Waals surface area (Å²) in [6.45, 7) is -0.446. The first-order valence-corrected chi connectivity index (χ1v) is 13.4. The van der Waals surface area contributed by atoms with Gasteiger partial charge in [-0.05, 0) is 72.4 Å². The minimum absolute atomic E-state index is 0.0396. The summed E-state index contributed by atoms with van der Waals surface area (Å²) < 4.78 is 28.1. The van der Waals surface area contributed by atoms with Crippen molar-refractivity contribution >= 4 is 50.7 Å². The molecular weight excluding hydrogens is 515 g/mol. The summed E-state index contributed by atoms with van der Waals surface area (Å²) in [6, 6.07) is 18.5. The van der Waals surface area contributed by atoms with Crippen molar-refractivity contribution in [3.63, 3.8) is 0 Å². The van der Waals surface area contributed by atoms with Crippen LogP contribution in [-0.4, -0.2) is 25.2 Å². The van der Waals surface area contributed by atoms with Crippen LogP contribution in [0, 0.1) is 0 Å². The minimum Gasteiger partial charge on any atom is -0.348 e. The predicted octanol–water partition coefficient (Wildman–Crippen LogP) is 6.03. The van der Waals surface area contributed by atoms with Gasteiger partial charge in [0, 0.05) is 21.6 Å². The van der Waals surface area contributed by atoms with Gasteiger partial charge >= 0.3 is 0 Å². The molecule has 0 heterocycles. The Balaban J connectivity index is 1.60. The summed E-state index contributed by atoms with van der Waals surface area (Å²) in [7, 11) is -4.02. The van der Waals surface area contributed by atoms with Crippen LogP contribution in [0.2, 0.25) is 15.1 Å². The maximum absolute atomic E-state index is 13.5. The van der Waals surface area contributed by atoms with E-state index in [1.54, 1.807) is 18.2 Å². The molecule has 0 aliphatic heterocycles. The smallest absolute Gasteiger partial charge is 0.243 e. The second-order valence-electron chi connectivity index (χ2n) is 8.17. The first-order valence-electron chi connectivity index (χ1n) is 10.8. The van der Waals surface area contributed by atoms with Crippen molar-refractivity contribution < 1.29 is 13.2 Å². The van der Waals surface area contributed by atoms with Crippen LogP contribution < -0.4 is 5.32 Å². The Labute approximate surface area is 214 Å². The van der Waals surface area contributed by atoms with E-state index in [4.69, 9.17) is 34.8 Å². The molecule has 9 heteroatoms. The Morgan fingerprint density at radius 1 is 0.971 bits per heavy atom. The van der Waals surface area contributed by atoms with Crippen molar-refractivity contribution in [3.8, 4) is 0 Å². The fraction of sp³-hybridized carbons (Fsp3) is 0.240. The zero-order chi connectivity index (χ0) is 24.3. The number of sulfonamides is 1. The highest BCUT2D eigenvalue weighted by Gasteiger charge is 2.29. The highest BCUT2D eigenvalue weighted by Crippen LogP contribution is 2.30. The number of nitrogens with zero attached hydrogens (tertiary/aromatic N) is 1. The second kappa shape index (κ2) is 10.7. The molecule has 0 unspecified atom stereocenters. The molecule has 1 amide bonds. The topological polar surface area (TPSA) is 66.5 Å². The lowest BCUT2D eigenvalue weighted by Gasteiger charge is -2.28.